The molecule has 0 aliphatic carbocycles. The smallest absolute Gasteiger partial charge is 0.264 e. The van der Waals surface area contributed by atoms with E-state index < -0.39 is 0 Å². The molecule has 168 valence electrons. The van der Waals surface area contributed by atoms with E-state index in [1.165, 1.54) is 16.9 Å². The number of piperazine rings is 1. The standard InChI is InChI=1S/C26H30N2O3S/c1-19-6-4-7-20(2)25(19)31-17-22-15-24(32-18-22)26(29)28-12-10-27(11-13-28)16-21-8-5-9-23(14-21)30-3/h4-9,14-15,18H,10-13,16-17H2,1-3H3. The Labute approximate surface area is 194 Å². The minimum atomic E-state index is 0.120. The fourth-order valence-electron chi connectivity index (χ4n) is 4.04. The number of ether oxygens (including phenoxy) is 2. The Morgan fingerprint density at radius 1 is 0.969 bits per heavy atom. The number of rotatable bonds is 7. The zero-order chi connectivity index (χ0) is 22.5. The molecule has 1 aliphatic heterocycles. The van der Waals surface area contributed by atoms with Crippen molar-refractivity contribution in [1.29, 1.82) is 0 Å². The fourth-order valence-corrected chi connectivity index (χ4v) is 4.90. The van der Waals surface area contributed by atoms with Gasteiger partial charge in [0.15, 0.2) is 0 Å². The first kappa shape index (κ1) is 22.4. The molecule has 1 amide bonds. The van der Waals surface area contributed by atoms with Crippen molar-refractivity contribution >= 4 is 17.2 Å². The van der Waals surface area contributed by atoms with Gasteiger partial charge >= 0.3 is 0 Å². The van der Waals surface area contributed by atoms with E-state index >= 15 is 0 Å². The Morgan fingerprint density at radius 3 is 2.41 bits per heavy atom. The molecule has 1 fully saturated rings. The van der Waals surface area contributed by atoms with Crippen molar-refractivity contribution in [3.8, 4) is 11.5 Å². The van der Waals surface area contributed by atoms with Crippen LogP contribution in [-0.2, 0) is 13.2 Å². The van der Waals surface area contributed by atoms with E-state index in [4.69, 9.17) is 9.47 Å². The fraction of sp³-hybridized carbons (Fsp3) is 0.346. The normalized spacial score (nSPS) is 14.4. The maximum Gasteiger partial charge on any atom is 0.264 e. The van der Waals surface area contributed by atoms with E-state index in [9.17, 15) is 4.79 Å². The van der Waals surface area contributed by atoms with Gasteiger partial charge in [0.05, 0.1) is 12.0 Å². The summed E-state index contributed by atoms with van der Waals surface area (Å²) in [6.07, 6.45) is 0. The molecule has 1 saturated heterocycles. The number of hydrogen-bond donors (Lipinski definition) is 0. The van der Waals surface area contributed by atoms with Crippen LogP contribution in [0.1, 0.15) is 31.9 Å². The van der Waals surface area contributed by atoms with Crippen molar-refractivity contribution in [3.05, 3.63) is 81.0 Å². The van der Waals surface area contributed by atoms with Crippen LogP contribution in [0.15, 0.2) is 53.9 Å². The predicted octanol–water partition coefficient (Wildman–Crippen LogP) is 4.91. The molecule has 32 heavy (non-hydrogen) atoms. The van der Waals surface area contributed by atoms with E-state index in [1.807, 2.05) is 34.5 Å². The van der Waals surface area contributed by atoms with Gasteiger partial charge in [0.2, 0.25) is 0 Å². The Morgan fingerprint density at radius 2 is 1.69 bits per heavy atom. The quantitative estimate of drug-likeness (QED) is 0.513. The van der Waals surface area contributed by atoms with Gasteiger partial charge in [0, 0.05) is 38.3 Å². The van der Waals surface area contributed by atoms with Gasteiger partial charge in [-0.3, -0.25) is 9.69 Å². The average molecular weight is 451 g/mol. The topological polar surface area (TPSA) is 42.0 Å². The second kappa shape index (κ2) is 10.2. The van der Waals surface area contributed by atoms with Crippen LogP contribution in [0.4, 0.5) is 0 Å². The summed E-state index contributed by atoms with van der Waals surface area (Å²) in [5, 5.41) is 2.03. The Balaban J connectivity index is 1.29. The minimum absolute atomic E-state index is 0.120. The monoisotopic (exact) mass is 450 g/mol. The van der Waals surface area contributed by atoms with Gasteiger partial charge in [-0.25, -0.2) is 0 Å². The maximum atomic E-state index is 13.0. The van der Waals surface area contributed by atoms with Gasteiger partial charge in [-0.15, -0.1) is 11.3 Å². The van der Waals surface area contributed by atoms with Crippen molar-refractivity contribution in [2.45, 2.75) is 27.0 Å². The highest BCUT2D eigenvalue weighted by molar-refractivity contribution is 7.12. The van der Waals surface area contributed by atoms with Crippen LogP contribution < -0.4 is 9.47 Å². The van der Waals surface area contributed by atoms with Crippen LogP contribution in [0.3, 0.4) is 0 Å². The van der Waals surface area contributed by atoms with E-state index in [-0.39, 0.29) is 5.91 Å². The van der Waals surface area contributed by atoms with Crippen molar-refractivity contribution in [3.63, 3.8) is 0 Å². The van der Waals surface area contributed by atoms with Gasteiger partial charge in [-0.05, 0) is 54.1 Å². The van der Waals surface area contributed by atoms with Gasteiger partial charge in [0.25, 0.3) is 5.91 Å². The summed E-state index contributed by atoms with van der Waals surface area (Å²) in [6, 6.07) is 16.3. The molecule has 0 atom stereocenters. The van der Waals surface area contributed by atoms with Crippen LogP contribution in [0.25, 0.3) is 0 Å². The number of para-hydroxylation sites is 1. The molecular weight excluding hydrogens is 420 g/mol. The predicted molar refractivity (Wildman–Crippen MR) is 129 cm³/mol. The molecule has 1 aromatic heterocycles. The molecule has 0 saturated carbocycles. The average Bonchev–Trinajstić information content (AvgIpc) is 3.28. The number of methoxy groups -OCH3 is 1. The van der Waals surface area contributed by atoms with E-state index in [0.717, 1.165) is 65.8 Å². The van der Waals surface area contributed by atoms with E-state index in [0.29, 0.717) is 6.61 Å². The molecule has 2 aromatic carbocycles. The van der Waals surface area contributed by atoms with Gasteiger partial charge in [0.1, 0.15) is 18.1 Å². The molecule has 0 radical (unpaired) electrons. The van der Waals surface area contributed by atoms with Crippen LogP contribution in [-0.4, -0.2) is 49.0 Å². The molecule has 6 heteroatoms. The molecule has 0 unspecified atom stereocenters. The SMILES string of the molecule is COc1cccc(CN2CCN(C(=O)c3cc(COc4c(C)cccc4C)cs3)CC2)c1. The third-order valence-corrected chi connectivity index (χ3v) is 6.82. The summed E-state index contributed by atoms with van der Waals surface area (Å²) in [5.41, 5.74) is 4.53. The van der Waals surface area contributed by atoms with Gasteiger partial charge in [-0.2, -0.15) is 0 Å². The lowest BCUT2D eigenvalue weighted by molar-refractivity contribution is 0.0633. The zero-order valence-electron chi connectivity index (χ0n) is 19.0. The highest BCUT2D eigenvalue weighted by Gasteiger charge is 2.23. The molecular formula is C26H30N2O3S. The lowest BCUT2D eigenvalue weighted by atomic mass is 10.1. The summed E-state index contributed by atoms with van der Waals surface area (Å²) in [6.45, 7) is 8.69. The number of carbonyl (C=O) groups is 1. The number of benzene rings is 2. The molecule has 4 rings (SSSR count). The van der Waals surface area contributed by atoms with Crippen LogP contribution in [0.2, 0.25) is 0 Å². The number of amides is 1. The lowest BCUT2D eigenvalue weighted by Crippen LogP contribution is -2.48. The first-order chi connectivity index (χ1) is 15.5. The highest BCUT2D eigenvalue weighted by atomic mass is 32.1. The highest BCUT2D eigenvalue weighted by Crippen LogP contribution is 2.25. The van der Waals surface area contributed by atoms with Gasteiger partial charge in [-0.1, -0.05) is 30.3 Å². The molecule has 0 spiro atoms. The van der Waals surface area contributed by atoms with Crippen molar-refractivity contribution < 1.29 is 14.3 Å². The van der Waals surface area contributed by atoms with Crippen molar-refractivity contribution in [1.82, 2.24) is 9.80 Å². The second-order valence-corrected chi connectivity index (χ2v) is 9.16. The molecule has 0 N–H and O–H groups in total. The Hall–Kier alpha value is -2.83. The third kappa shape index (κ3) is 5.31. The van der Waals surface area contributed by atoms with Crippen molar-refractivity contribution in [2.24, 2.45) is 0 Å². The maximum absolute atomic E-state index is 13.0. The first-order valence-corrected chi connectivity index (χ1v) is 11.8. The van der Waals surface area contributed by atoms with Gasteiger partial charge < -0.3 is 14.4 Å². The number of hydrogen-bond acceptors (Lipinski definition) is 5. The molecule has 0 bridgehead atoms. The van der Waals surface area contributed by atoms with Crippen molar-refractivity contribution in [2.75, 3.05) is 33.3 Å². The Bertz CT molecular complexity index is 1050. The summed E-state index contributed by atoms with van der Waals surface area (Å²) in [5.74, 6) is 1.93. The summed E-state index contributed by atoms with van der Waals surface area (Å²) >= 11 is 1.50. The minimum Gasteiger partial charge on any atom is -0.497 e. The molecule has 3 aromatic rings. The van der Waals surface area contributed by atoms with Crippen LogP contribution >= 0.6 is 11.3 Å². The number of thiophene rings is 1. The third-order valence-electron chi connectivity index (χ3n) is 5.86. The lowest BCUT2D eigenvalue weighted by Gasteiger charge is -2.34. The summed E-state index contributed by atoms with van der Waals surface area (Å²) in [4.78, 5) is 18.1. The van der Waals surface area contributed by atoms with E-state index in [2.05, 4.69) is 43.0 Å². The Kier molecular flexibility index (Phi) is 7.12. The molecule has 1 aliphatic rings. The largest absolute Gasteiger partial charge is 0.497 e. The van der Waals surface area contributed by atoms with Crippen LogP contribution in [0, 0.1) is 13.8 Å². The zero-order valence-corrected chi connectivity index (χ0v) is 19.8. The molecule has 5 nitrogen and oxygen atoms in total. The van der Waals surface area contributed by atoms with Crippen LogP contribution in [0.5, 0.6) is 11.5 Å². The number of carbonyl (C=O) groups excluding carboxylic acids is 1. The summed E-state index contributed by atoms with van der Waals surface area (Å²) < 4.78 is 11.4. The summed E-state index contributed by atoms with van der Waals surface area (Å²) in [7, 11) is 1.69. The van der Waals surface area contributed by atoms with E-state index in [1.54, 1.807) is 7.11 Å². The molecule has 2 heterocycles. The second-order valence-electron chi connectivity index (χ2n) is 8.25. The number of nitrogens with zero attached hydrogens (tertiary/aromatic N) is 2. The first-order valence-electron chi connectivity index (χ1n) is 10.9. The number of aryl methyl sites for hydroxylation is 2.